The molecule has 0 saturated heterocycles. The second-order valence-corrected chi connectivity index (χ2v) is 7.66. The predicted octanol–water partition coefficient (Wildman–Crippen LogP) is 2.26. The fraction of sp³-hybridized carbons (Fsp3) is 0.250. The fourth-order valence-electron chi connectivity index (χ4n) is 3.24. The Hall–Kier alpha value is -3.69. The number of hydrogen-bond acceptors (Lipinski definition) is 6. The molecule has 0 radical (unpaired) electrons. The van der Waals surface area contributed by atoms with E-state index in [1.165, 1.54) is 54.2 Å². The minimum atomic E-state index is -0.948. The Morgan fingerprint density at radius 1 is 1.09 bits per heavy atom. The van der Waals surface area contributed by atoms with Gasteiger partial charge in [-0.3, -0.25) is 19.4 Å². The number of nitrogens with one attached hydrogen (secondary N) is 2. The van der Waals surface area contributed by atoms with Crippen molar-refractivity contribution in [3.05, 3.63) is 93.4 Å². The van der Waals surface area contributed by atoms with E-state index >= 15 is 0 Å². The second kappa shape index (κ2) is 10.3. The number of hydrogen-bond donors (Lipinski definition) is 3. The van der Waals surface area contributed by atoms with Crippen LogP contribution < -0.4 is 16.2 Å². The molecule has 3 N–H and O–H groups in total. The van der Waals surface area contributed by atoms with Gasteiger partial charge in [-0.2, -0.15) is 0 Å². The topological polar surface area (TPSA) is 113 Å². The number of ketones is 1. The highest BCUT2D eigenvalue weighted by atomic mass is 19.1. The van der Waals surface area contributed by atoms with Gasteiger partial charge in [-0.25, -0.2) is 4.39 Å². The zero-order chi connectivity index (χ0) is 24.1. The molecule has 1 unspecified atom stereocenters. The van der Waals surface area contributed by atoms with Gasteiger partial charge < -0.3 is 20.3 Å². The monoisotopic (exact) mass is 452 g/mol. The summed E-state index contributed by atoms with van der Waals surface area (Å²) in [5.41, 5.74) is 1.03. The van der Waals surface area contributed by atoms with Gasteiger partial charge in [0.1, 0.15) is 11.5 Å². The molecule has 0 saturated carbocycles. The molecule has 3 rings (SSSR count). The third kappa shape index (κ3) is 5.57. The van der Waals surface area contributed by atoms with Crippen LogP contribution in [0.25, 0.3) is 0 Å². The summed E-state index contributed by atoms with van der Waals surface area (Å²) in [6.07, 6.45) is 1.95. The smallest absolute Gasteiger partial charge is 0.274 e. The molecule has 2 aromatic heterocycles. The maximum Gasteiger partial charge on any atom is 0.274 e. The van der Waals surface area contributed by atoms with Gasteiger partial charge in [-0.05, 0) is 68.9 Å². The van der Waals surface area contributed by atoms with Gasteiger partial charge in [0.05, 0.1) is 18.7 Å². The molecular formula is C24H25FN4O4. The first-order valence-electron chi connectivity index (χ1n) is 10.4. The summed E-state index contributed by atoms with van der Waals surface area (Å²) >= 11 is 0. The minimum absolute atomic E-state index is 0.0158. The fourth-order valence-corrected chi connectivity index (χ4v) is 3.24. The molecule has 1 aromatic carbocycles. The minimum Gasteiger partial charge on any atom is -0.387 e. The predicted molar refractivity (Wildman–Crippen MR) is 122 cm³/mol. The molecule has 9 heteroatoms. The number of nitrogens with zero attached hydrogens (tertiary/aromatic N) is 2. The quantitative estimate of drug-likeness (QED) is 0.452. The van der Waals surface area contributed by atoms with Crippen LogP contribution in [0.4, 0.5) is 10.1 Å². The number of aromatic nitrogens is 2. The van der Waals surface area contributed by atoms with Crippen LogP contribution in [0, 0.1) is 5.82 Å². The molecule has 1 amide bonds. The summed E-state index contributed by atoms with van der Waals surface area (Å²) in [4.78, 5) is 42.2. The highest BCUT2D eigenvalue weighted by Crippen LogP contribution is 2.17. The molecule has 0 aliphatic carbocycles. The summed E-state index contributed by atoms with van der Waals surface area (Å²) in [5.74, 6) is -1.16. The van der Waals surface area contributed by atoms with E-state index in [2.05, 4.69) is 15.6 Å². The van der Waals surface area contributed by atoms with Gasteiger partial charge in [0.25, 0.3) is 5.56 Å². The number of pyridine rings is 2. The first kappa shape index (κ1) is 24.0. The van der Waals surface area contributed by atoms with E-state index in [0.717, 1.165) is 0 Å². The summed E-state index contributed by atoms with van der Waals surface area (Å²) in [6, 6.07) is 9.28. The first-order valence-corrected chi connectivity index (χ1v) is 10.4. The number of benzene rings is 1. The number of aliphatic hydroxyl groups is 1. The molecule has 33 heavy (non-hydrogen) atoms. The lowest BCUT2D eigenvalue weighted by molar-refractivity contribution is -0.117. The Morgan fingerprint density at radius 2 is 1.79 bits per heavy atom. The Bertz CT molecular complexity index is 1220. The van der Waals surface area contributed by atoms with Crippen LogP contribution in [0.3, 0.4) is 0 Å². The zero-order valence-corrected chi connectivity index (χ0v) is 18.5. The number of halogens is 1. The lowest BCUT2D eigenvalue weighted by Gasteiger charge is -2.18. The standard InChI is InChI=1S/C24H25FN4O4/c1-14(26-3)23(32)28-20-8-9-21(15(2)30)29(24(20)33)13-16-10-18(12-27-11-16)22(31)17-4-6-19(25)7-5-17/h4-12,14-15,26,30H,13H2,1-3H3,(H,28,32)/t14-,15?/m1/s1. The van der Waals surface area contributed by atoms with E-state index in [4.69, 9.17) is 0 Å². The van der Waals surface area contributed by atoms with E-state index in [9.17, 15) is 23.9 Å². The molecular weight excluding hydrogens is 427 g/mol. The first-order chi connectivity index (χ1) is 15.7. The molecule has 0 aliphatic heterocycles. The summed E-state index contributed by atoms with van der Waals surface area (Å²) in [7, 11) is 1.63. The van der Waals surface area contributed by atoms with Crippen LogP contribution in [0.1, 0.15) is 47.1 Å². The summed E-state index contributed by atoms with van der Waals surface area (Å²) in [5, 5.41) is 15.6. The van der Waals surface area contributed by atoms with Crippen molar-refractivity contribution in [2.24, 2.45) is 0 Å². The van der Waals surface area contributed by atoms with Crippen LogP contribution in [0.5, 0.6) is 0 Å². The number of carbonyl (C=O) groups is 2. The zero-order valence-electron chi connectivity index (χ0n) is 18.5. The SMILES string of the molecule is CN[C@H](C)C(=O)Nc1ccc(C(C)O)n(Cc2cncc(C(=O)c3ccc(F)cc3)c2)c1=O. The highest BCUT2D eigenvalue weighted by Gasteiger charge is 2.18. The van der Waals surface area contributed by atoms with Crippen molar-refractivity contribution in [2.75, 3.05) is 12.4 Å². The number of aliphatic hydroxyl groups excluding tert-OH is 1. The van der Waals surface area contributed by atoms with E-state index in [-0.39, 0.29) is 29.5 Å². The number of amides is 1. The second-order valence-electron chi connectivity index (χ2n) is 7.66. The van der Waals surface area contributed by atoms with Gasteiger partial charge in [-0.1, -0.05) is 0 Å². The van der Waals surface area contributed by atoms with E-state index in [0.29, 0.717) is 16.8 Å². The van der Waals surface area contributed by atoms with Crippen LogP contribution >= 0.6 is 0 Å². The Kier molecular flexibility index (Phi) is 7.47. The maximum atomic E-state index is 13.2. The molecule has 172 valence electrons. The number of carbonyl (C=O) groups excluding carboxylic acids is 2. The van der Waals surface area contributed by atoms with Gasteiger partial charge in [0, 0.05) is 29.2 Å². The van der Waals surface area contributed by atoms with E-state index in [1.54, 1.807) is 26.1 Å². The molecule has 2 atom stereocenters. The highest BCUT2D eigenvalue weighted by molar-refractivity contribution is 6.08. The van der Waals surface area contributed by atoms with Gasteiger partial charge in [-0.15, -0.1) is 0 Å². The normalized spacial score (nSPS) is 12.8. The largest absolute Gasteiger partial charge is 0.387 e. The molecule has 0 aliphatic rings. The molecule has 8 nitrogen and oxygen atoms in total. The van der Waals surface area contributed by atoms with Gasteiger partial charge in [0.2, 0.25) is 5.91 Å². The van der Waals surface area contributed by atoms with Crippen LogP contribution in [0.2, 0.25) is 0 Å². The van der Waals surface area contributed by atoms with Crippen molar-refractivity contribution >= 4 is 17.4 Å². The third-order valence-electron chi connectivity index (χ3n) is 5.22. The van der Waals surface area contributed by atoms with Crippen molar-refractivity contribution < 1.29 is 19.1 Å². The lowest BCUT2D eigenvalue weighted by atomic mass is 10.0. The molecule has 0 fully saturated rings. The maximum absolute atomic E-state index is 13.2. The van der Waals surface area contributed by atoms with Crippen LogP contribution in [-0.4, -0.2) is 39.4 Å². The molecule has 0 spiro atoms. The van der Waals surface area contributed by atoms with Gasteiger partial charge >= 0.3 is 0 Å². The van der Waals surface area contributed by atoms with Crippen molar-refractivity contribution in [3.63, 3.8) is 0 Å². The molecule has 0 bridgehead atoms. The van der Waals surface area contributed by atoms with Crippen molar-refractivity contribution in [3.8, 4) is 0 Å². The van der Waals surface area contributed by atoms with Gasteiger partial charge in [0.15, 0.2) is 5.78 Å². The van der Waals surface area contributed by atoms with E-state index < -0.39 is 23.5 Å². The number of anilines is 1. The average molecular weight is 452 g/mol. The molecule has 3 aromatic rings. The third-order valence-corrected chi connectivity index (χ3v) is 5.22. The molecule has 2 heterocycles. The Balaban J connectivity index is 1.95. The number of rotatable bonds is 8. The average Bonchev–Trinajstić information content (AvgIpc) is 2.81. The number of likely N-dealkylation sites (N-methyl/N-ethyl adjacent to an activating group) is 1. The lowest BCUT2D eigenvalue weighted by Crippen LogP contribution is -2.38. The summed E-state index contributed by atoms with van der Waals surface area (Å²) < 4.78 is 14.5. The van der Waals surface area contributed by atoms with Crippen molar-refractivity contribution in [2.45, 2.75) is 32.5 Å². The van der Waals surface area contributed by atoms with Crippen LogP contribution in [0.15, 0.2) is 59.7 Å². The summed E-state index contributed by atoms with van der Waals surface area (Å²) in [6.45, 7) is 3.20. The Morgan fingerprint density at radius 3 is 2.42 bits per heavy atom. The Labute approximate surface area is 190 Å². The van der Waals surface area contributed by atoms with E-state index in [1.807, 2.05) is 0 Å². The van der Waals surface area contributed by atoms with Crippen LogP contribution in [-0.2, 0) is 11.3 Å². The van der Waals surface area contributed by atoms with Crippen molar-refractivity contribution in [1.82, 2.24) is 14.9 Å². The van der Waals surface area contributed by atoms with Crippen molar-refractivity contribution in [1.29, 1.82) is 0 Å².